The van der Waals surface area contributed by atoms with Crippen LogP contribution in [0.1, 0.15) is 58.8 Å². The molecule has 1 aliphatic carbocycles. The Morgan fingerprint density at radius 1 is 1.19 bits per heavy atom. The summed E-state index contributed by atoms with van der Waals surface area (Å²) >= 11 is 0. The lowest BCUT2D eigenvalue weighted by molar-refractivity contribution is -0.0341. The van der Waals surface area contributed by atoms with Crippen molar-refractivity contribution in [1.82, 2.24) is 4.90 Å². The van der Waals surface area contributed by atoms with Gasteiger partial charge in [-0.05, 0) is 69.5 Å². The number of nitrogens with zero attached hydrogens (tertiary/aromatic N) is 1. The predicted octanol–water partition coefficient (Wildman–Crippen LogP) is 3.93. The van der Waals surface area contributed by atoms with E-state index in [1.807, 2.05) is 0 Å². The zero-order valence-electron chi connectivity index (χ0n) is 11.5. The maximum absolute atomic E-state index is 2.51. The summed E-state index contributed by atoms with van der Waals surface area (Å²) in [5.41, 5.74) is 0.795. The van der Waals surface area contributed by atoms with E-state index in [0.717, 1.165) is 17.3 Å². The molecule has 1 aliphatic heterocycles. The molecule has 2 rings (SSSR count). The van der Waals surface area contributed by atoms with Crippen LogP contribution in [0.3, 0.4) is 0 Å². The molecule has 0 aromatic heterocycles. The number of piperidine rings is 1. The zero-order valence-corrected chi connectivity index (χ0v) is 11.5. The lowest BCUT2D eigenvalue weighted by atomic mass is 9.54. The van der Waals surface area contributed by atoms with Crippen LogP contribution in [0.4, 0.5) is 0 Å². The Hall–Kier alpha value is -0.0400. The summed E-state index contributed by atoms with van der Waals surface area (Å²) in [6.07, 6.45) is 10.5. The Balaban J connectivity index is 1.74. The molecule has 0 bridgehead atoms. The molecule has 94 valence electrons. The molecule has 1 atom stereocenters. The van der Waals surface area contributed by atoms with Crippen LogP contribution >= 0.6 is 0 Å². The van der Waals surface area contributed by atoms with Gasteiger partial charge >= 0.3 is 0 Å². The number of likely N-dealkylation sites (tertiary alicyclic amines) is 1. The summed E-state index contributed by atoms with van der Waals surface area (Å²) in [6.45, 7) is 7.40. The van der Waals surface area contributed by atoms with Gasteiger partial charge in [0.25, 0.3) is 0 Å². The fourth-order valence-electron chi connectivity index (χ4n) is 3.70. The summed E-state index contributed by atoms with van der Waals surface area (Å²) in [5, 5.41) is 0. The summed E-state index contributed by atoms with van der Waals surface area (Å²) in [5.74, 6) is 1.98. The molecule has 0 radical (unpaired) electrons. The van der Waals surface area contributed by atoms with Crippen molar-refractivity contribution in [3.63, 3.8) is 0 Å². The first-order valence-electron chi connectivity index (χ1n) is 7.31. The fraction of sp³-hybridized carbons (Fsp3) is 1.00. The van der Waals surface area contributed by atoms with Crippen LogP contribution < -0.4 is 0 Å². The molecule has 0 amide bonds. The largest absolute Gasteiger partial charge is 0.306 e. The first-order chi connectivity index (χ1) is 7.62. The summed E-state index contributed by atoms with van der Waals surface area (Å²) in [6, 6.07) is 0. The van der Waals surface area contributed by atoms with Gasteiger partial charge in [-0.1, -0.05) is 26.7 Å². The molecule has 2 aliphatic rings. The summed E-state index contributed by atoms with van der Waals surface area (Å²) in [7, 11) is 2.28. The van der Waals surface area contributed by atoms with Gasteiger partial charge in [0.05, 0.1) is 0 Å². The third-order valence-corrected chi connectivity index (χ3v) is 5.17. The van der Waals surface area contributed by atoms with Crippen molar-refractivity contribution in [3.8, 4) is 0 Å². The van der Waals surface area contributed by atoms with Crippen LogP contribution in [0.15, 0.2) is 0 Å². The van der Waals surface area contributed by atoms with E-state index in [0.29, 0.717) is 0 Å². The molecule has 1 heterocycles. The highest BCUT2D eigenvalue weighted by molar-refractivity contribution is 4.98. The van der Waals surface area contributed by atoms with Gasteiger partial charge in [0, 0.05) is 0 Å². The average molecular weight is 223 g/mol. The third kappa shape index (κ3) is 2.61. The SMILES string of the molecule is CC(C)CCCC1CCC12CCN(C)CC2. The van der Waals surface area contributed by atoms with Crippen molar-refractivity contribution in [2.24, 2.45) is 17.3 Å². The molecule has 1 unspecified atom stereocenters. The van der Waals surface area contributed by atoms with Gasteiger partial charge in [-0.25, -0.2) is 0 Å². The van der Waals surface area contributed by atoms with E-state index in [1.54, 1.807) is 0 Å². The van der Waals surface area contributed by atoms with E-state index >= 15 is 0 Å². The van der Waals surface area contributed by atoms with E-state index < -0.39 is 0 Å². The Labute approximate surface area is 102 Å². The molecule has 0 N–H and O–H groups in total. The number of rotatable bonds is 4. The molecule has 16 heavy (non-hydrogen) atoms. The Morgan fingerprint density at radius 3 is 2.38 bits per heavy atom. The molecule has 1 nitrogen and oxygen atoms in total. The van der Waals surface area contributed by atoms with E-state index in [-0.39, 0.29) is 0 Å². The Bertz CT molecular complexity index is 213. The van der Waals surface area contributed by atoms with E-state index in [4.69, 9.17) is 0 Å². The standard InChI is InChI=1S/C15H29N/c1-13(2)5-4-6-14-7-8-15(14)9-11-16(3)12-10-15/h13-14H,4-12H2,1-3H3. The highest BCUT2D eigenvalue weighted by Gasteiger charge is 2.46. The minimum atomic E-state index is 0.795. The van der Waals surface area contributed by atoms with Crippen LogP contribution in [-0.2, 0) is 0 Å². The lowest BCUT2D eigenvalue weighted by Crippen LogP contribution is -2.48. The molecule has 1 saturated carbocycles. The van der Waals surface area contributed by atoms with Gasteiger partial charge in [0.15, 0.2) is 0 Å². The van der Waals surface area contributed by atoms with Gasteiger partial charge in [-0.2, -0.15) is 0 Å². The van der Waals surface area contributed by atoms with Crippen LogP contribution in [0.5, 0.6) is 0 Å². The highest BCUT2D eigenvalue weighted by atomic mass is 15.1. The summed E-state index contributed by atoms with van der Waals surface area (Å²) < 4.78 is 0. The van der Waals surface area contributed by atoms with E-state index in [9.17, 15) is 0 Å². The van der Waals surface area contributed by atoms with Gasteiger partial charge in [-0.15, -0.1) is 0 Å². The Kier molecular flexibility index (Phi) is 3.94. The van der Waals surface area contributed by atoms with Crippen molar-refractivity contribution in [2.45, 2.75) is 58.8 Å². The lowest BCUT2D eigenvalue weighted by Gasteiger charge is -2.54. The third-order valence-electron chi connectivity index (χ3n) is 5.17. The maximum atomic E-state index is 2.51. The number of hydrogen-bond acceptors (Lipinski definition) is 1. The average Bonchev–Trinajstić information content (AvgIpc) is 2.24. The van der Waals surface area contributed by atoms with Gasteiger partial charge < -0.3 is 4.90 Å². The van der Waals surface area contributed by atoms with E-state index in [2.05, 4.69) is 25.8 Å². The number of hydrogen-bond donors (Lipinski definition) is 0. The van der Waals surface area contributed by atoms with Crippen molar-refractivity contribution in [2.75, 3.05) is 20.1 Å². The molecule has 0 aromatic carbocycles. The Morgan fingerprint density at radius 2 is 1.88 bits per heavy atom. The van der Waals surface area contributed by atoms with Crippen LogP contribution in [0.2, 0.25) is 0 Å². The van der Waals surface area contributed by atoms with Crippen molar-refractivity contribution in [1.29, 1.82) is 0 Å². The minimum absolute atomic E-state index is 0.795. The predicted molar refractivity (Wildman–Crippen MR) is 70.6 cm³/mol. The second-order valence-corrected chi connectivity index (χ2v) is 6.73. The minimum Gasteiger partial charge on any atom is -0.306 e. The first kappa shape index (κ1) is 12.4. The molecule has 1 saturated heterocycles. The van der Waals surface area contributed by atoms with Crippen molar-refractivity contribution in [3.05, 3.63) is 0 Å². The van der Waals surface area contributed by atoms with Crippen LogP contribution in [-0.4, -0.2) is 25.0 Å². The quantitative estimate of drug-likeness (QED) is 0.698. The van der Waals surface area contributed by atoms with E-state index in [1.165, 1.54) is 58.0 Å². The van der Waals surface area contributed by atoms with Gasteiger partial charge in [0.2, 0.25) is 0 Å². The zero-order chi connectivity index (χ0) is 11.6. The maximum Gasteiger partial charge on any atom is -0.00164 e. The molecular formula is C15H29N. The normalized spacial score (nSPS) is 29.6. The van der Waals surface area contributed by atoms with Crippen molar-refractivity contribution >= 4 is 0 Å². The smallest absolute Gasteiger partial charge is 0.00164 e. The summed E-state index contributed by atoms with van der Waals surface area (Å²) in [4.78, 5) is 2.51. The van der Waals surface area contributed by atoms with Gasteiger partial charge in [-0.3, -0.25) is 0 Å². The molecular weight excluding hydrogens is 194 g/mol. The fourth-order valence-corrected chi connectivity index (χ4v) is 3.70. The second-order valence-electron chi connectivity index (χ2n) is 6.73. The molecule has 2 fully saturated rings. The highest BCUT2D eigenvalue weighted by Crippen LogP contribution is 2.55. The van der Waals surface area contributed by atoms with Crippen molar-refractivity contribution < 1.29 is 0 Å². The second kappa shape index (κ2) is 5.08. The van der Waals surface area contributed by atoms with Crippen LogP contribution in [0.25, 0.3) is 0 Å². The first-order valence-corrected chi connectivity index (χ1v) is 7.31. The van der Waals surface area contributed by atoms with Gasteiger partial charge in [0.1, 0.15) is 0 Å². The van der Waals surface area contributed by atoms with Crippen LogP contribution in [0, 0.1) is 17.3 Å². The molecule has 1 spiro atoms. The molecule has 1 heteroatoms. The monoisotopic (exact) mass is 223 g/mol. The molecule has 0 aromatic rings. The topological polar surface area (TPSA) is 3.24 Å².